The fraction of sp³-hybridized carbons (Fsp3) is 0.500. The standard InChI is InChI=1S/C14H21N3O/c1-17(13-6-7-13)14(15)16-9-11-4-3-5-12(8-11)10-18-2/h3-5,8,13H,6-7,9-10H2,1-2H3,(H2,15,16). The van der Waals surface area contributed by atoms with Gasteiger partial charge in [0.2, 0.25) is 0 Å². The third-order valence-corrected chi connectivity index (χ3v) is 3.18. The molecule has 1 fully saturated rings. The van der Waals surface area contributed by atoms with Crippen molar-refractivity contribution in [3.63, 3.8) is 0 Å². The molecule has 1 aliphatic carbocycles. The van der Waals surface area contributed by atoms with Crippen LogP contribution in [0, 0.1) is 0 Å². The van der Waals surface area contributed by atoms with Crippen molar-refractivity contribution in [2.75, 3.05) is 14.2 Å². The molecule has 4 nitrogen and oxygen atoms in total. The minimum atomic E-state index is 0.605. The molecular formula is C14H21N3O. The maximum Gasteiger partial charge on any atom is 0.191 e. The van der Waals surface area contributed by atoms with Gasteiger partial charge in [-0.05, 0) is 24.0 Å². The van der Waals surface area contributed by atoms with Crippen molar-refractivity contribution in [2.24, 2.45) is 10.7 Å². The van der Waals surface area contributed by atoms with E-state index in [4.69, 9.17) is 10.5 Å². The summed E-state index contributed by atoms with van der Waals surface area (Å²) in [6.45, 7) is 1.26. The number of hydrogen-bond acceptors (Lipinski definition) is 2. The number of rotatable bonds is 5. The zero-order valence-electron chi connectivity index (χ0n) is 11.1. The van der Waals surface area contributed by atoms with E-state index >= 15 is 0 Å². The van der Waals surface area contributed by atoms with Gasteiger partial charge in [-0.2, -0.15) is 0 Å². The van der Waals surface area contributed by atoms with E-state index < -0.39 is 0 Å². The second-order valence-electron chi connectivity index (χ2n) is 4.77. The molecule has 1 saturated carbocycles. The van der Waals surface area contributed by atoms with Crippen molar-refractivity contribution in [2.45, 2.75) is 32.0 Å². The molecule has 0 radical (unpaired) electrons. The van der Waals surface area contributed by atoms with Crippen molar-refractivity contribution >= 4 is 5.96 Å². The van der Waals surface area contributed by atoms with Crippen molar-refractivity contribution < 1.29 is 4.74 Å². The van der Waals surface area contributed by atoms with Crippen LogP contribution in [0.15, 0.2) is 29.3 Å². The van der Waals surface area contributed by atoms with Gasteiger partial charge in [-0.15, -0.1) is 0 Å². The van der Waals surface area contributed by atoms with E-state index in [1.54, 1.807) is 7.11 Å². The van der Waals surface area contributed by atoms with Crippen LogP contribution in [0.4, 0.5) is 0 Å². The molecule has 0 atom stereocenters. The van der Waals surface area contributed by atoms with Gasteiger partial charge in [0.05, 0.1) is 13.2 Å². The SMILES string of the molecule is COCc1cccc(CN=C(N)N(C)C2CC2)c1. The lowest BCUT2D eigenvalue weighted by atomic mass is 10.1. The van der Waals surface area contributed by atoms with Gasteiger partial charge >= 0.3 is 0 Å². The molecule has 18 heavy (non-hydrogen) atoms. The van der Waals surface area contributed by atoms with Crippen molar-refractivity contribution in [3.05, 3.63) is 35.4 Å². The molecule has 0 spiro atoms. The molecule has 0 unspecified atom stereocenters. The Kier molecular flexibility index (Phi) is 4.20. The summed E-state index contributed by atoms with van der Waals surface area (Å²) in [6, 6.07) is 8.86. The topological polar surface area (TPSA) is 50.9 Å². The number of nitrogens with two attached hydrogens (primary N) is 1. The fourth-order valence-electron chi connectivity index (χ4n) is 1.92. The van der Waals surface area contributed by atoms with Gasteiger partial charge in [-0.25, -0.2) is 4.99 Å². The predicted octanol–water partition coefficient (Wildman–Crippen LogP) is 1.74. The van der Waals surface area contributed by atoms with Gasteiger partial charge in [0.15, 0.2) is 5.96 Å². The maximum absolute atomic E-state index is 5.95. The third-order valence-electron chi connectivity index (χ3n) is 3.18. The van der Waals surface area contributed by atoms with E-state index in [-0.39, 0.29) is 0 Å². The summed E-state index contributed by atoms with van der Waals surface area (Å²) in [5.41, 5.74) is 8.28. The third kappa shape index (κ3) is 3.47. The molecule has 0 saturated heterocycles. The Labute approximate surface area is 108 Å². The molecule has 0 heterocycles. The van der Waals surface area contributed by atoms with Crippen LogP contribution < -0.4 is 5.73 Å². The van der Waals surface area contributed by atoms with Crippen LogP contribution in [0.25, 0.3) is 0 Å². The summed E-state index contributed by atoms with van der Waals surface area (Å²) in [4.78, 5) is 6.50. The molecule has 0 bridgehead atoms. The fourth-order valence-corrected chi connectivity index (χ4v) is 1.92. The first kappa shape index (κ1) is 12.9. The minimum Gasteiger partial charge on any atom is -0.380 e. The number of benzene rings is 1. The Hall–Kier alpha value is -1.55. The second-order valence-corrected chi connectivity index (χ2v) is 4.77. The molecule has 98 valence electrons. The summed E-state index contributed by atoms with van der Waals surface area (Å²) in [5.74, 6) is 0.634. The van der Waals surface area contributed by atoms with Gasteiger partial charge in [0.1, 0.15) is 0 Å². The molecule has 1 aliphatic rings. The summed E-state index contributed by atoms with van der Waals surface area (Å²) in [5, 5.41) is 0. The lowest BCUT2D eigenvalue weighted by molar-refractivity contribution is 0.185. The molecule has 2 rings (SSSR count). The molecule has 1 aromatic rings. The average Bonchev–Trinajstić information content (AvgIpc) is 3.20. The lowest BCUT2D eigenvalue weighted by Gasteiger charge is -2.16. The number of hydrogen-bond donors (Lipinski definition) is 1. The molecule has 4 heteroatoms. The van der Waals surface area contributed by atoms with Crippen LogP contribution in [0.1, 0.15) is 24.0 Å². The molecule has 0 aliphatic heterocycles. The Morgan fingerprint density at radius 1 is 1.44 bits per heavy atom. The first-order valence-corrected chi connectivity index (χ1v) is 6.30. The highest BCUT2D eigenvalue weighted by Crippen LogP contribution is 2.24. The Morgan fingerprint density at radius 2 is 2.17 bits per heavy atom. The maximum atomic E-state index is 5.95. The van der Waals surface area contributed by atoms with E-state index in [0.717, 1.165) is 5.56 Å². The molecule has 1 aromatic carbocycles. The van der Waals surface area contributed by atoms with Crippen LogP contribution in [0.5, 0.6) is 0 Å². The number of nitrogens with zero attached hydrogens (tertiary/aromatic N) is 2. The zero-order valence-corrected chi connectivity index (χ0v) is 11.1. The summed E-state index contributed by atoms with van der Waals surface area (Å²) >= 11 is 0. The van der Waals surface area contributed by atoms with Crippen LogP contribution in [0.2, 0.25) is 0 Å². The van der Waals surface area contributed by atoms with Crippen LogP contribution in [0.3, 0.4) is 0 Å². The van der Waals surface area contributed by atoms with E-state index in [9.17, 15) is 0 Å². The van der Waals surface area contributed by atoms with Gasteiger partial charge < -0.3 is 15.4 Å². The molecular weight excluding hydrogens is 226 g/mol. The van der Waals surface area contributed by atoms with Crippen LogP contribution in [-0.4, -0.2) is 31.1 Å². The highest BCUT2D eigenvalue weighted by atomic mass is 16.5. The summed E-state index contributed by atoms with van der Waals surface area (Å²) < 4.78 is 5.12. The molecule has 2 N–H and O–H groups in total. The Bertz CT molecular complexity index is 427. The Balaban J connectivity index is 1.95. The Morgan fingerprint density at radius 3 is 2.83 bits per heavy atom. The van der Waals surface area contributed by atoms with E-state index in [2.05, 4.69) is 28.1 Å². The first-order valence-electron chi connectivity index (χ1n) is 6.30. The summed E-state index contributed by atoms with van der Waals surface area (Å²) in [7, 11) is 3.71. The highest BCUT2D eigenvalue weighted by molar-refractivity contribution is 5.78. The molecule has 0 amide bonds. The monoisotopic (exact) mass is 247 g/mol. The number of ether oxygens (including phenoxy) is 1. The van der Waals surface area contributed by atoms with Gasteiger partial charge in [0.25, 0.3) is 0 Å². The number of guanidine groups is 1. The highest BCUT2D eigenvalue weighted by Gasteiger charge is 2.27. The van der Waals surface area contributed by atoms with Gasteiger partial charge in [0, 0.05) is 20.2 Å². The average molecular weight is 247 g/mol. The van der Waals surface area contributed by atoms with E-state index in [1.165, 1.54) is 18.4 Å². The van der Waals surface area contributed by atoms with E-state index in [0.29, 0.717) is 25.2 Å². The molecule has 0 aromatic heterocycles. The van der Waals surface area contributed by atoms with Crippen LogP contribution in [-0.2, 0) is 17.9 Å². The van der Waals surface area contributed by atoms with Crippen molar-refractivity contribution in [1.29, 1.82) is 0 Å². The van der Waals surface area contributed by atoms with Gasteiger partial charge in [-0.3, -0.25) is 0 Å². The zero-order chi connectivity index (χ0) is 13.0. The van der Waals surface area contributed by atoms with Gasteiger partial charge in [-0.1, -0.05) is 24.3 Å². The summed E-state index contributed by atoms with van der Waals surface area (Å²) in [6.07, 6.45) is 2.46. The second kappa shape index (κ2) is 5.87. The largest absolute Gasteiger partial charge is 0.380 e. The van der Waals surface area contributed by atoms with Crippen molar-refractivity contribution in [1.82, 2.24) is 4.90 Å². The number of methoxy groups -OCH3 is 1. The minimum absolute atomic E-state index is 0.605. The van der Waals surface area contributed by atoms with Crippen molar-refractivity contribution in [3.8, 4) is 0 Å². The predicted molar refractivity (Wildman–Crippen MR) is 73.3 cm³/mol. The first-order chi connectivity index (χ1) is 8.70. The van der Waals surface area contributed by atoms with Crippen LogP contribution >= 0.6 is 0 Å². The van der Waals surface area contributed by atoms with E-state index in [1.807, 2.05) is 13.1 Å². The normalized spacial score (nSPS) is 15.8. The smallest absolute Gasteiger partial charge is 0.191 e. The quantitative estimate of drug-likeness (QED) is 0.637. The lowest BCUT2D eigenvalue weighted by Crippen LogP contribution is -2.35. The number of aliphatic imine (C=N–C) groups is 1.